The van der Waals surface area contributed by atoms with Gasteiger partial charge in [0.05, 0.1) is 34.0 Å². The number of halogens is 1. The van der Waals surface area contributed by atoms with Crippen LogP contribution in [0.15, 0.2) is 41.8 Å². The fourth-order valence-electron chi connectivity index (χ4n) is 3.45. The number of benzene rings is 1. The van der Waals surface area contributed by atoms with E-state index in [-0.39, 0.29) is 29.3 Å². The van der Waals surface area contributed by atoms with Crippen LogP contribution in [0, 0.1) is 5.82 Å². The maximum atomic E-state index is 13.2. The number of aromatic nitrogens is 4. The summed E-state index contributed by atoms with van der Waals surface area (Å²) in [4.78, 5) is 23.0. The molecule has 0 bridgehead atoms. The number of hydrogen-bond donors (Lipinski definition) is 0. The van der Waals surface area contributed by atoms with Crippen LogP contribution >= 0.6 is 11.8 Å². The summed E-state index contributed by atoms with van der Waals surface area (Å²) in [7, 11) is -1.42. The number of fused-ring (bicyclic) bond motifs is 1. The molecule has 1 fully saturated rings. The summed E-state index contributed by atoms with van der Waals surface area (Å²) in [5.41, 5.74) is 1.21. The van der Waals surface area contributed by atoms with E-state index in [1.807, 2.05) is 0 Å². The zero-order valence-corrected chi connectivity index (χ0v) is 18.0. The zero-order chi connectivity index (χ0) is 21.5. The molecule has 1 saturated heterocycles. The molecular weight excluding hydrogens is 429 g/mol. The molecule has 1 aromatic carbocycles. The fraction of sp³-hybridized carbons (Fsp3) is 0.368. The Morgan fingerprint density at radius 2 is 2.03 bits per heavy atom. The molecule has 1 amide bonds. The Kier molecular flexibility index (Phi) is 5.49. The van der Waals surface area contributed by atoms with Crippen molar-refractivity contribution in [3.05, 3.63) is 42.6 Å². The van der Waals surface area contributed by atoms with Gasteiger partial charge in [0.2, 0.25) is 5.91 Å². The van der Waals surface area contributed by atoms with E-state index in [0.717, 1.165) is 0 Å². The first-order valence-corrected chi connectivity index (χ1v) is 12.0. The second-order valence-electron chi connectivity index (χ2n) is 7.21. The Bertz CT molecular complexity index is 1200. The lowest BCUT2D eigenvalue weighted by Gasteiger charge is -2.26. The smallest absolute Gasteiger partial charge is 0.235 e. The van der Waals surface area contributed by atoms with Gasteiger partial charge in [0.1, 0.15) is 17.2 Å². The summed E-state index contributed by atoms with van der Waals surface area (Å²) in [6.45, 7) is 1.77. The first-order chi connectivity index (χ1) is 14.2. The average molecular weight is 450 g/mol. The Balaban J connectivity index is 1.55. The fourth-order valence-corrected chi connectivity index (χ4v) is 6.21. The first-order valence-electron chi connectivity index (χ1n) is 9.33. The summed E-state index contributed by atoms with van der Waals surface area (Å²) in [6.07, 6.45) is 3.48. The minimum atomic E-state index is -3.07. The highest BCUT2D eigenvalue weighted by Crippen LogP contribution is 2.30. The summed E-state index contributed by atoms with van der Waals surface area (Å²) in [6, 6.07) is 5.61. The van der Waals surface area contributed by atoms with Crippen molar-refractivity contribution < 1.29 is 17.6 Å². The number of carbonyl (C=O) groups is 1. The van der Waals surface area contributed by atoms with Crippen LogP contribution in [0.1, 0.15) is 13.3 Å². The van der Waals surface area contributed by atoms with Gasteiger partial charge in [-0.1, -0.05) is 11.8 Å². The Hall–Kier alpha value is -2.53. The number of rotatable bonds is 5. The van der Waals surface area contributed by atoms with Gasteiger partial charge in [0.25, 0.3) is 0 Å². The molecule has 8 nitrogen and oxygen atoms in total. The third-order valence-corrected chi connectivity index (χ3v) is 7.99. The van der Waals surface area contributed by atoms with E-state index >= 15 is 0 Å². The minimum Gasteiger partial charge on any atom is -0.341 e. The first kappa shape index (κ1) is 20.7. The van der Waals surface area contributed by atoms with Crippen molar-refractivity contribution in [3.63, 3.8) is 0 Å². The number of nitrogens with zero attached hydrogens (tertiary/aromatic N) is 5. The summed E-state index contributed by atoms with van der Waals surface area (Å²) in [5.74, 6) is -0.367. The van der Waals surface area contributed by atoms with E-state index in [0.29, 0.717) is 28.2 Å². The third kappa shape index (κ3) is 4.04. The lowest BCUT2D eigenvalue weighted by Crippen LogP contribution is -2.41. The number of sulfone groups is 1. The third-order valence-electron chi connectivity index (χ3n) is 5.14. The van der Waals surface area contributed by atoms with Gasteiger partial charge in [-0.3, -0.25) is 4.79 Å². The van der Waals surface area contributed by atoms with Crippen molar-refractivity contribution >= 4 is 38.5 Å². The van der Waals surface area contributed by atoms with Crippen molar-refractivity contribution in [1.82, 2.24) is 24.6 Å². The van der Waals surface area contributed by atoms with Crippen LogP contribution in [-0.4, -0.2) is 68.8 Å². The van der Waals surface area contributed by atoms with Gasteiger partial charge in [0.15, 0.2) is 15.5 Å². The maximum Gasteiger partial charge on any atom is 0.235 e. The van der Waals surface area contributed by atoms with Crippen LogP contribution in [-0.2, 0) is 14.6 Å². The summed E-state index contributed by atoms with van der Waals surface area (Å²) >= 11 is 1.27. The van der Waals surface area contributed by atoms with Crippen LogP contribution < -0.4 is 0 Å². The highest BCUT2D eigenvalue weighted by atomic mass is 32.2. The van der Waals surface area contributed by atoms with E-state index in [4.69, 9.17) is 0 Å². The second-order valence-corrected chi connectivity index (χ2v) is 10.8. The Morgan fingerprint density at radius 3 is 2.70 bits per heavy atom. The van der Waals surface area contributed by atoms with Crippen LogP contribution in [0.5, 0.6) is 0 Å². The molecule has 0 spiro atoms. The number of amides is 1. The van der Waals surface area contributed by atoms with Crippen LogP contribution in [0.25, 0.3) is 16.7 Å². The predicted octanol–water partition coefficient (Wildman–Crippen LogP) is 2.08. The SMILES string of the molecule is CC(Sc1ncnc2c1cnn2-c1ccc(F)cc1)C(=O)N(C)C1CCS(=O)(=O)C1. The topological polar surface area (TPSA) is 98.1 Å². The molecule has 3 heterocycles. The van der Waals surface area contributed by atoms with Crippen molar-refractivity contribution in [3.8, 4) is 5.69 Å². The van der Waals surface area contributed by atoms with Gasteiger partial charge in [-0.25, -0.2) is 27.5 Å². The van der Waals surface area contributed by atoms with Crippen LogP contribution in [0.3, 0.4) is 0 Å². The molecule has 1 aliphatic heterocycles. The maximum absolute atomic E-state index is 13.2. The molecule has 0 N–H and O–H groups in total. The highest BCUT2D eigenvalue weighted by molar-refractivity contribution is 8.00. The average Bonchev–Trinajstić information content (AvgIpc) is 3.31. The number of thioether (sulfide) groups is 1. The largest absolute Gasteiger partial charge is 0.341 e. The van der Waals surface area contributed by atoms with Gasteiger partial charge >= 0.3 is 0 Å². The lowest BCUT2D eigenvalue weighted by molar-refractivity contribution is -0.130. The number of carbonyl (C=O) groups excluding carboxylic acids is 1. The molecule has 0 aliphatic carbocycles. The standard InChI is InChI=1S/C19H20FN5O3S2/c1-12(19(26)24(2)15-7-8-30(27,28)10-15)29-18-16-9-23-25(17(16)21-11-22-18)14-5-3-13(20)4-6-14/h3-6,9,11-12,15H,7-8,10H2,1-2H3. The van der Waals surface area contributed by atoms with Crippen molar-refractivity contribution in [1.29, 1.82) is 0 Å². The Labute approximate surface area is 177 Å². The molecule has 4 rings (SSSR count). The van der Waals surface area contributed by atoms with E-state index in [1.165, 1.54) is 35.1 Å². The molecule has 2 unspecified atom stereocenters. The van der Waals surface area contributed by atoms with Gasteiger partial charge in [-0.2, -0.15) is 5.10 Å². The molecule has 1 aliphatic rings. The number of hydrogen-bond acceptors (Lipinski definition) is 7. The molecule has 0 saturated carbocycles. The van der Waals surface area contributed by atoms with Crippen molar-refractivity contribution in [2.75, 3.05) is 18.6 Å². The van der Waals surface area contributed by atoms with Crippen LogP contribution in [0.4, 0.5) is 4.39 Å². The monoisotopic (exact) mass is 449 g/mol. The van der Waals surface area contributed by atoms with Gasteiger partial charge in [0, 0.05) is 13.1 Å². The zero-order valence-electron chi connectivity index (χ0n) is 16.4. The molecule has 158 valence electrons. The van der Waals surface area contributed by atoms with Crippen molar-refractivity contribution in [2.24, 2.45) is 0 Å². The lowest BCUT2D eigenvalue weighted by atomic mass is 10.2. The quantitative estimate of drug-likeness (QED) is 0.434. The minimum absolute atomic E-state index is 0.00875. The van der Waals surface area contributed by atoms with Gasteiger partial charge in [-0.05, 0) is 37.6 Å². The van der Waals surface area contributed by atoms with Crippen LogP contribution in [0.2, 0.25) is 0 Å². The van der Waals surface area contributed by atoms with E-state index < -0.39 is 15.1 Å². The van der Waals surface area contributed by atoms with E-state index in [2.05, 4.69) is 15.1 Å². The van der Waals surface area contributed by atoms with Crippen molar-refractivity contribution in [2.45, 2.75) is 29.7 Å². The molecule has 2 atom stereocenters. The molecule has 3 aromatic rings. The molecular formula is C19H20FN5O3S2. The normalized spacial score (nSPS) is 19.1. The van der Waals surface area contributed by atoms with E-state index in [1.54, 1.807) is 37.0 Å². The molecule has 2 aromatic heterocycles. The van der Waals surface area contributed by atoms with Gasteiger partial charge < -0.3 is 4.90 Å². The van der Waals surface area contributed by atoms with E-state index in [9.17, 15) is 17.6 Å². The Morgan fingerprint density at radius 1 is 1.30 bits per heavy atom. The summed E-state index contributed by atoms with van der Waals surface area (Å²) < 4.78 is 38.2. The molecule has 0 radical (unpaired) electrons. The molecule has 30 heavy (non-hydrogen) atoms. The predicted molar refractivity (Wildman–Crippen MR) is 112 cm³/mol. The second kappa shape index (κ2) is 7.95. The highest BCUT2D eigenvalue weighted by Gasteiger charge is 2.34. The molecule has 11 heteroatoms. The van der Waals surface area contributed by atoms with Gasteiger partial charge in [-0.15, -0.1) is 0 Å². The summed E-state index contributed by atoms with van der Waals surface area (Å²) in [5, 5.41) is 5.15.